The van der Waals surface area contributed by atoms with Crippen LogP contribution >= 0.6 is 46.2 Å². The fourth-order valence-corrected chi connectivity index (χ4v) is 7.87. The van der Waals surface area contributed by atoms with Crippen LogP contribution in [0.5, 0.6) is 0 Å². The number of nitrogens with zero attached hydrogens (tertiary/aromatic N) is 4. The van der Waals surface area contributed by atoms with Gasteiger partial charge in [-0.1, -0.05) is 16.9 Å². The van der Waals surface area contributed by atoms with E-state index in [2.05, 4.69) is 20.4 Å². The molecule has 0 saturated carbocycles. The molecule has 13 nitrogen and oxygen atoms in total. The third kappa shape index (κ3) is 6.35. The van der Waals surface area contributed by atoms with Crippen molar-refractivity contribution in [3.05, 3.63) is 32.9 Å². The number of carbonyl (C=O) groups excluding carboxylic acids is 2. The molecule has 5 N–H and O–H groups in total. The smallest absolute Gasteiger partial charge is 1.00 e. The number of carbonyl (C=O) groups is 4. The SMILES string of the molecule is CON=C(C(=O)N[C@@H]1C(=O)N2C(C(=O)O)=C(CSc3nc(C)c(CC(=O)O)s3)CS[C@H]12)c1csc(N)n1.[H-].[Na+]. The van der Waals surface area contributed by atoms with Crippen molar-refractivity contribution in [2.45, 2.75) is 29.1 Å². The van der Waals surface area contributed by atoms with Crippen LogP contribution in [-0.2, 0) is 30.4 Å². The normalized spacial score (nSPS) is 18.8. The topological polar surface area (TPSA) is 197 Å². The fourth-order valence-electron chi connectivity index (χ4n) is 3.61. The molecule has 4 heterocycles. The second-order valence-corrected chi connectivity index (χ2v) is 12.0. The number of carboxylic acid groups (broad SMARTS) is 2. The summed E-state index contributed by atoms with van der Waals surface area (Å²) in [4.78, 5) is 63.9. The van der Waals surface area contributed by atoms with E-state index < -0.39 is 35.2 Å². The summed E-state index contributed by atoms with van der Waals surface area (Å²) >= 11 is 4.98. The van der Waals surface area contributed by atoms with Gasteiger partial charge < -0.3 is 27.5 Å². The van der Waals surface area contributed by atoms with Crippen LogP contribution in [0.3, 0.4) is 0 Å². The van der Waals surface area contributed by atoms with E-state index in [1.54, 1.807) is 6.92 Å². The molecule has 1 fully saturated rings. The first-order chi connectivity index (χ1) is 17.6. The Morgan fingerprint density at radius 3 is 2.71 bits per heavy atom. The van der Waals surface area contributed by atoms with E-state index in [4.69, 9.17) is 15.7 Å². The number of aryl methyl sites for hydroxylation is 1. The summed E-state index contributed by atoms with van der Waals surface area (Å²) in [5.74, 6) is -2.89. The summed E-state index contributed by atoms with van der Waals surface area (Å²) in [6.45, 7) is 1.72. The van der Waals surface area contributed by atoms with Crippen molar-refractivity contribution < 1.29 is 65.2 Å². The molecule has 4 rings (SSSR count). The zero-order valence-electron chi connectivity index (χ0n) is 21.3. The number of oxime groups is 1. The van der Waals surface area contributed by atoms with Gasteiger partial charge in [0.15, 0.2) is 15.2 Å². The van der Waals surface area contributed by atoms with Gasteiger partial charge in [-0.15, -0.1) is 34.4 Å². The first kappa shape index (κ1) is 30.4. The Hall–Kier alpha value is -2.15. The van der Waals surface area contributed by atoms with Gasteiger partial charge in [-0.25, -0.2) is 14.8 Å². The standard InChI is InChI=1S/C20H20N6O7S4.Na.H/c1-7-10(3-11(27)28)37-20(22-7)36-5-8-4-34-17-13(16(30)26(17)14(8)18(31)32)24-15(29)12(25-33-2)9-6-35-19(21)23-9;;/h6,13,17H,3-5H2,1-2H3,(H2,21,23)(H,24,29)(H,27,28)(H,31,32);;/q;+1;-1/t13-,17-;;/m1../s1. The largest absolute Gasteiger partial charge is 1.00 e. The van der Waals surface area contributed by atoms with Crippen molar-refractivity contribution in [3.63, 3.8) is 0 Å². The number of amides is 2. The number of rotatable bonds is 10. The molecule has 198 valence electrons. The molecule has 38 heavy (non-hydrogen) atoms. The molecule has 2 aliphatic heterocycles. The number of carboxylic acids is 2. The van der Waals surface area contributed by atoms with Crippen molar-refractivity contribution in [1.29, 1.82) is 0 Å². The Morgan fingerprint density at radius 2 is 2.11 bits per heavy atom. The number of fused-ring (bicyclic) bond motifs is 1. The summed E-state index contributed by atoms with van der Waals surface area (Å²) in [5, 5.41) is 26.3. The monoisotopic (exact) mass is 608 g/mol. The molecule has 2 aliphatic rings. The zero-order chi connectivity index (χ0) is 26.9. The quantitative estimate of drug-likeness (QED) is 0.0771. The van der Waals surface area contributed by atoms with Crippen molar-refractivity contribution in [1.82, 2.24) is 20.2 Å². The molecule has 2 aromatic rings. The summed E-state index contributed by atoms with van der Waals surface area (Å²) < 4.78 is 0.617. The van der Waals surface area contributed by atoms with Crippen molar-refractivity contribution in [3.8, 4) is 0 Å². The molecule has 0 bridgehead atoms. The number of nitrogens with one attached hydrogen (secondary N) is 1. The number of aliphatic carboxylic acids is 2. The van der Waals surface area contributed by atoms with Crippen LogP contribution in [-0.4, -0.2) is 84.6 Å². The van der Waals surface area contributed by atoms with Gasteiger partial charge in [0.05, 0.1) is 12.1 Å². The van der Waals surface area contributed by atoms with Crippen LogP contribution in [0.4, 0.5) is 5.13 Å². The fraction of sp³-hybridized carbons (Fsp3) is 0.350. The van der Waals surface area contributed by atoms with Crippen LogP contribution in [0.25, 0.3) is 0 Å². The van der Waals surface area contributed by atoms with Gasteiger partial charge in [0.25, 0.3) is 11.8 Å². The summed E-state index contributed by atoms with van der Waals surface area (Å²) in [6.07, 6.45) is -0.132. The minimum atomic E-state index is -1.25. The van der Waals surface area contributed by atoms with Gasteiger partial charge in [-0.05, 0) is 12.5 Å². The molecule has 0 radical (unpaired) electrons. The van der Waals surface area contributed by atoms with Crippen LogP contribution in [0, 0.1) is 6.92 Å². The number of thiazole rings is 2. The van der Waals surface area contributed by atoms with Gasteiger partial charge in [0, 0.05) is 21.8 Å². The second kappa shape index (κ2) is 12.8. The summed E-state index contributed by atoms with van der Waals surface area (Å²) in [5.41, 5.74) is 6.70. The molecule has 2 amide bonds. The molecule has 2 aromatic heterocycles. The van der Waals surface area contributed by atoms with Gasteiger partial charge in [0.1, 0.15) is 29.9 Å². The Balaban J connectivity index is 0.00000267. The number of β-lactam (4-membered cyclic amide) rings is 1. The third-order valence-corrected chi connectivity index (χ3v) is 9.65. The summed E-state index contributed by atoms with van der Waals surface area (Å²) in [7, 11) is 1.26. The molecule has 0 spiro atoms. The average molecular weight is 609 g/mol. The van der Waals surface area contributed by atoms with Crippen molar-refractivity contribution in [2.75, 3.05) is 24.3 Å². The number of thioether (sulfide) groups is 2. The van der Waals surface area contributed by atoms with Gasteiger partial charge in [-0.3, -0.25) is 19.3 Å². The number of nitrogen functional groups attached to an aromatic ring is 1. The second-order valence-electron chi connectivity index (χ2n) is 7.66. The number of hydrogen-bond donors (Lipinski definition) is 4. The summed E-state index contributed by atoms with van der Waals surface area (Å²) in [6, 6.07) is -0.959. The average Bonchev–Trinajstić information content (AvgIpc) is 3.42. The molecule has 2 atom stereocenters. The van der Waals surface area contributed by atoms with Gasteiger partial charge in [-0.2, -0.15) is 0 Å². The first-order valence-corrected chi connectivity index (χ1v) is 14.2. The predicted molar refractivity (Wildman–Crippen MR) is 140 cm³/mol. The third-order valence-electron chi connectivity index (χ3n) is 5.25. The van der Waals surface area contributed by atoms with Gasteiger partial charge in [0.2, 0.25) is 0 Å². The van der Waals surface area contributed by atoms with Crippen LogP contribution in [0.1, 0.15) is 17.7 Å². The molecule has 0 unspecified atom stereocenters. The Labute approximate surface area is 256 Å². The Morgan fingerprint density at radius 1 is 1.37 bits per heavy atom. The Bertz CT molecular complexity index is 1350. The number of anilines is 1. The minimum Gasteiger partial charge on any atom is -1.00 e. The van der Waals surface area contributed by atoms with Crippen LogP contribution in [0.15, 0.2) is 26.1 Å². The number of aromatic nitrogens is 2. The maximum atomic E-state index is 13.0. The van der Waals surface area contributed by atoms with E-state index in [0.717, 1.165) is 11.3 Å². The minimum absolute atomic E-state index is 0. The number of nitrogens with two attached hydrogens (primary N) is 1. The van der Waals surface area contributed by atoms with Crippen molar-refractivity contribution >= 4 is 80.8 Å². The van der Waals surface area contributed by atoms with E-state index in [-0.39, 0.29) is 65.4 Å². The van der Waals surface area contributed by atoms with E-state index in [0.29, 0.717) is 26.2 Å². The zero-order valence-corrected chi connectivity index (χ0v) is 25.6. The maximum Gasteiger partial charge on any atom is 1.00 e. The molecule has 0 aliphatic carbocycles. The van der Waals surface area contributed by atoms with E-state index in [9.17, 15) is 24.3 Å². The van der Waals surface area contributed by atoms with Crippen LogP contribution in [0.2, 0.25) is 0 Å². The maximum absolute atomic E-state index is 13.0. The number of hydrogen-bond acceptors (Lipinski definition) is 13. The van der Waals surface area contributed by atoms with E-state index in [1.165, 1.54) is 52.3 Å². The molecule has 1 saturated heterocycles. The van der Waals surface area contributed by atoms with Crippen LogP contribution < -0.4 is 40.6 Å². The predicted octanol–water partition coefficient (Wildman–Crippen LogP) is -1.88. The molecular formula is C20H21N6NaO7S4. The van der Waals surface area contributed by atoms with Gasteiger partial charge >= 0.3 is 41.5 Å². The van der Waals surface area contributed by atoms with Crippen molar-refractivity contribution in [2.24, 2.45) is 5.16 Å². The van der Waals surface area contributed by atoms with E-state index >= 15 is 0 Å². The molecular weight excluding hydrogens is 588 g/mol. The molecule has 18 heteroatoms. The first-order valence-electron chi connectivity index (χ1n) is 10.4. The molecule has 0 aromatic carbocycles. The van der Waals surface area contributed by atoms with E-state index in [1.807, 2.05) is 0 Å². The Kier molecular flexibility index (Phi) is 10.2.